The zero-order valence-corrected chi connectivity index (χ0v) is 13.4. The number of carbonyl (C=O) groups is 1. The van der Waals surface area contributed by atoms with Gasteiger partial charge in [0, 0.05) is 0 Å². The standard InChI is InChI=1S/C16H26N2O3/c1-5-9-20-13-8-7-12(11-14(13)21-10-6-2)16(3,18-4)15(17)19/h7-8,11,18H,5-6,9-10H2,1-4H3,(H2,17,19). The summed E-state index contributed by atoms with van der Waals surface area (Å²) < 4.78 is 11.4. The number of likely N-dealkylation sites (N-methyl/N-ethyl adjacent to an activating group) is 1. The zero-order valence-electron chi connectivity index (χ0n) is 13.4. The lowest BCUT2D eigenvalue weighted by atomic mass is 9.91. The van der Waals surface area contributed by atoms with Gasteiger partial charge in [-0.1, -0.05) is 19.9 Å². The van der Waals surface area contributed by atoms with Crippen LogP contribution in [0.25, 0.3) is 0 Å². The van der Waals surface area contributed by atoms with E-state index in [4.69, 9.17) is 15.2 Å². The summed E-state index contributed by atoms with van der Waals surface area (Å²) in [4.78, 5) is 11.7. The topological polar surface area (TPSA) is 73.6 Å². The van der Waals surface area contributed by atoms with Crippen molar-refractivity contribution in [1.29, 1.82) is 0 Å². The van der Waals surface area contributed by atoms with Gasteiger partial charge in [-0.25, -0.2) is 0 Å². The van der Waals surface area contributed by atoms with E-state index in [1.807, 2.05) is 32.0 Å². The summed E-state index contributed by atoms with van der Waals surface area (Å²) in [6, 6.07) is 5.49. The summed E-state index contributed by atoms with van der Waals surface area (Å²) in [6.07, 6.45) is 1.82. The Bertz CT molecular complexity index is 477. The molecular weight excluding hydrogens is 268 g/mol. The average Bonchev–Trinajstić information content (AvgIpc) is 2.50. The highest BCUT2D eigenvalue weighted by atomic mass is 16.5. The highest BCUT2D eigenvalue weighted by molar-refractivity contribution is 5.85. The number of amides is 1. The smallest absolute Gasteiger partial charge is 0.242 e. The molecule has 0 saturated carbocycles. The molecule has 0 radical (unpaired) electrons. The molecule has 0 saturated heterocycles. The van der Waals surface area contributed by atoms with Crippen LogP contribution in [0.2, 0.25) is 0 Å². The van der Waals surface area contributed by atoms with Crippen molar-refractivity contribution in [3.8, 4) is 11.5 Å². The molecule has 118 valence electrons. The van der Waals surface area contributed by atoms with Crippen molar-refractivity contribution in [2.45, 2.75) is 39.2 Å². The molecule has 21 heavy (non-hydrogen) atoms. The van der Waals surface area contributed by atoms with Gasteiger partial charge in [0.1, 0.15) is 5.54 Å². The third-order valence-corrected chi connectivity index (χ3v) is 3.44. The van der Waals surface area contributed by atoms with E-state index in [1.165, 1.54) is 0 Å². The minimum atomic E-state index is -0.937. The molecule has 5 nitrogen and oxygen atoms in total. The van der Waals surface area contributed by atoms with E-state index in [0.29, 0.717) is 24.7 Å². The van der Waals surface area contributed by atoms with E-state index >= 15 is 0 Å². The number of carbonyl (C=O) groups excluding carboxylic acids is 1. The van der Waals surface area contributed by atoms with Crippen LogP contribution in [-0.4, -0.2) is 26.2 Å². The van der Waals surface area contributed by atoms with Gasteiger partial charge in [0.25, 0.3) is 0 Å². The van der Waals surface area contributed by atoms with Crippen LogP contribution in [0.1, 0.15) is 39.2 Å². The number of hydrogen-bond donors (Lipinski definition) is 2. The first-order valence-electron chi connectivity index (χ1n) is 7.38. The highest BCUT2D eigenvalue weighted by Crippen LogP contribution is 2.32. The van der Waals surface area contributed by atoms with Crippen LogP contribution in [-0.2, 0) is 10.3 Å². The molecule has 1 atom stereocenters. The Morgan fingerprint density at radius 3 is 2.24 bits per heavy atom. The van der Waals surface area contributed by atoms with Gasteiger partial charge in [-0.3, -0.25) is 4.79 Å². The Morgan fingerprint density at radius 2 is 1.76 bits per heavy atom. The van der Waals surface area contributed by atoms with Crippen LogP contribution in [0.4, 0.5) is 0 Å². The van der Waals surface area contributed by atoms with E-state index in [1.54, 1.807) is 14.0 Å². The van der Waals surface area contributed by atoms with E-state index in [-0.39, 0.29) is 0 Å². The lowest BCUT2D eigenvalue weighted by molar-refractivity contribution is -0.123. The van der Waals surface area contributed by atoms with Crippen LogP contribution in [0, 0.1) is 0 Å². The molecule has 3 N–H and O–H groups in total. The Kier molecular flexibility index (Phi) is 6.49. The fraction of sp³-hybridized carbons (Fsp3) is 0.562. The summed E-state index contributed by atoms with van der Waals surface area (Å²) in [5.41, 5.74) is 5.33. The van der Waals surface area contributed by atoms with Gasteiger partial charge in [0.05, 0.1) is 13.2 Å². The van der Waals surface area contributed by atoms with Crippen molar-refractivity contribution in [2.24, 2.45) is 5.73 Å². The third kappa shape index (κ3) is 4.11. The number of nitrogens with two attached hydrogens (primary N) is 1. The van der Waals surface area contributed by atoms with Gasteiger partial charge in [0.15, 0.2) is 11.5 Å². The van der Waals surface area contributed by atoms with Crippen molar-refractivity contribution in [3.63, 3.8) is 0 Å². The quantitative estimate of drug-likeness (QED) is 0.732. The number of nitrogens with one attached hydrogen (secondary N) is 1. The average molecular weight is 294 g/mol. The molecule has 0 aliphatic rings. The minimum Gasteiger partial charge on any atom is -0.490 e. The van der Waals surface area contributed by atoms with Crippen LogP contribution >= 0.6 is 0 Å². The Balaban J connectivity index is 3.15. The molecule has 0 heterocycles. The maximum atomic E-state index is 11.7. The summed E-state index contributed by atoms with van der Waals surface area (Å²) in [6.45, 7) is 7.06. The Hall–Kier alpha value is -1.75. The number of hydrogen-bond acceptors (Lipinski definition) is 4. The number of ether oxygens (including phenoxy) is 2. The van der Waals surface area contributed by atoms with Gasteiger partial charge in [0.2, 0.25) is 5.91 Å². The van der Waals surface area contributed by atoms with Crippen molar-refractivity contribution < 1.29 is 14.3 Å². The van der Waals surface area contributed by atoms with Gasteiger partial charge in [-0.15, -0.1) is 0 Å². The Morgan fingerprint density at radius 1 is 1.19 bits per heavy atom. The monoisotopic (exact) mass is 294 g/mol. The minimum absolute atomic E-state index is 0.436. The largest absolute Gasteiger partial charge is 0.490 e. The summed E-state index contributed by atoms with van der Waals surface area (Å²) in [7, 11) is 1.71. The van der Waals surface area contributed by atoms with Crippen LogP contribution < -0.4 is 20.5 Å². The van der Waals surface area contributed by atoms with Crippen molar-refractivity contribution in [1.82, 2.24) is 5.32 Å². The molecule has 1 unspecified atom stereocenters. The summed E-state index contributed by atoms with van der Waals surface area (Å²) >= 11 is 0. The molecule has 1 aromatic carbocycles. The molecule has 1 amide bonds. The fourth-order valence-electron chi connectivity index (χ4n) is 1.88. The Labute approximate surface area is 126 Å². The fourth-order valence-corrected chi connectivity index (χ4v) is 1.88. The maximum absolute atomic E-state index is 11.7. The van der Waals surface area contributed by atoms with Crippen molar-refractivity contribution in [2.75, 3.05) is 20.3 Å². The van der Waals surface area contributed by atoms with Gasteiger partial charge >= 0.3 is 0 Å². The second-order valence-corrected chi connectivity index (χ2v) is 5.10. The lowest BCUT2D eigenvalue weighted by Crippen LogP contribution is -2.48. The highest BCUT2D eigenvalue weighted by Gasteiger charge is 2.32. The molecule has 1 aromatic rings. The van der Waals surface area contributed by atoms with E-state index in [9.17, 15) is 4.79 Å². The molecule has 0 bridgehead atoms. The number of primary amides is 1. The zero-order chi connectivity index (χ0) is 15.9. The predicted octanol–water partition coefficient (Wildman–Crippen LogP) is 2.18. The molecule has 0 fully saturated rings. The first-order chi connectivity index (χ1) is 9.99. The summed E-state index contributed by atoms with van der Waals surface area (Å²) in [5.74, 6) is 0.899. The maximum Gasteiger partial charge on any atom is 0.242 e. The molecule has 1 rings (SSSR count). The molecule has 0 aliphatic carbocycles. The van der Waals surface area contributed by atoms with Crippen LogP contribution in [0.3, 0.4) is 0 Å². The van der Waals surface area contributed by atoms with Crippen LogP contribution in [0.5, 0.6) is 11.5 Å². The predicted molar refractivity (Wildman–Crippen MR) is 83.6 cm³/mol. The van der Waals surface area contributed by atoms with Crippen molar-refractivity contribution in [3.05, 3.63) is 23.8 Å². The van der Waals surface area contributed by atoms with Gasteiger partial charge in [-0.2, -0.15) is 0 Å². The first-order valence-corrected chi connectivity index (χ1v) is 7.38. The molecule has 0 aromatic heterocycles. The second kappa shape index (κ2) is 7.88. The molecule has 0 spiro atoms. The number of benzene rings is 1. The van der Waals surface area contributed by atoms with Gasteiger partial charge < -0.3 is 20.5 Å². The van der Waals surface area contributed by atoms with E-state index in [0.717, 1.165) is 18.4 Å². The molecule has 5 heteroatoms. The van der Waals surface area contributed by atoms with E-state index < -0.39 is 11.4 Å². The number of rotatable bonds is 9. The molecular formula is C16H26N2O3. The SMILES string of the molecule is CCCOc1ccc(C(C)(NC)C(N)=O)cc1OCCC. The van der Waals surface area contributed by atoms with E-state index in [2.05, 4.69) is 5.32 Å². The summed E-state index contributed by atoms with van der Waals surface area (Å²) in [5, 5.41) is 2.97. The third-order valence-electron chi connectivity index (χ3n) is 3.44. The lowest BCUT2D eigenvalue weighted by Gasteiger charge is -2.27. The molecule has 0 aliphatic heterocycles. The van der Waals surface area contributed by atoms with Crippen molar-refractivity contribution >= 4 is 5.91 Å². The normalized spacial score (nSPS) is 13.5. The first kappa shape index (κ1) is 17.3. The second-order valence-electron chi connectivity index (χ2n) is 5.10. The van der Waals surface area contributed by atoms with Crippen LogP contribution in [0.15, 0.2) is 18.2 Å². The van der Waals surface area contributed by atoms with Gasteiger partial charge in [-0.05, 0) is 44.5 Å².